The Kier molecular flexibility index (Phi) is 3.90. The average molecular weight is 259 g/mol. The number of methoxy groups -OCH3 is 1. The van der Waals surface area contributed by atoms with E-state index in [1.165, 1.54) is 11.1 Å². The predicted octanol–water partition coefficient (Wildman–Crippen LogP) is 2.51. The first-order valence-electron chi connectivity index (χ1n) is 6.48. The lowest BCUT2D eigenvalue weighted by molar-refractivity contribution is 0.416. The van der Waals surface area contributed by atoms with E-state index < -0.39 is 0 Å². The molecule has 2 aromatic rings. The fourth-order valence-electron chi connectivity index (χ4n) is 2.23. The maximum atomic E-state index is 5.66. The van der Waals surface area contributed by atoms with Crippen LogP contribution in [0.2, 0.25) is 0 Å². The topological polar surface area (TPSA) is 63.9 Å². The van der Waals surface area contributed by atoms with Gasteiger partial charge in [-0.2, -0.15) is 0 Å². The summed E-state index contributed by atoms with van der Waals surface area (Å²) in [5.41, 5.74) is 11.2. The summed E-state index contributed by atoms with van der Waals surface area (Å²) in [6.07, 6.45) is 0.784. The highest BCUT2D eigenvalue weighted by atomic mass is 16.5. The summed E-state index contributed by atoms with van der Waals surface area (Å²) < 4.78 is 5.49. The highest BCUT2D eigenvalue weighted by molar-refractivity contribution is 5.71. The zero-order valence-electron chi connectivity index (χ0n) is 12.0. The molecule has 0 atom stereocenters. The van der Waals surface area contributed by atoms with Crippen LogP contribution in [0.15, 0.2) is 12.1 Å². The van der Waals surface area contributed by atoms with Crippen molar-refractivity contribution in [3.8, 4) is 17.0 Å². The molecule has 3 N–H and O–H groups in total. The van der Waals surface area contributed by atoms with Gasteiger partial charge in [0.1, 0.15) is 11.6 Å². The number of rotatable bonds is 4. The van der Waals surface area contributed by atoms with Crippen LogP contribution in [0, 0.1) is 20.8 Å². The SMILES string of the molecule is COc1cc(C)c(C)cc1-c1nc(C)[nH]c1CCN. The summed E-state index contributed by atoms with van der Waals surface area (Å²) in [5, 5.41) is 0. The number of H-pyrrole nitrogens is 1. The lowest BCUT2D eigenvalue weighted by Gasteiger charge is -2.11. The van der Waals surface area contributed by atoms with Crippen LogP contribution in [0.25, 0.3) is 11.3 Å². The minimum absolute atomic E-state index is 0.599. The zero-order chi connectivity index (χ0) is 14.0. The Morgan fingerprint density at radius 1 is 1.21 bits per heavy atom. The number of nitrogens with zero attached hydrogens (tertiary/aromatic N) is 1. The number of benzene rings is 1. The van der Waals surface area contributed by atoms with Crippen LogP contribution in [-0.2, 0) is 6.42 Å². The zero-order valence-corrected chi connectivity index (χ0v) is 12.0. The summed E-state index contributed by atoms with van der Waals surface area (Å²) in [7, 11) is 1.69. The van der Waals surface area contributed by atoms with Gasteiger partial charge in [0.05, 0.1) is 12.8 Å². The summed E-state index contributed by atoms with van der Waals surface area (Å²) in [6, 6.07) is 4.19. The van der Waals surface area contributed by atoms with Crippen molar-refractivity contribution in [3.05, 3.63) is 34.8 Å². The van der Waals surface area contributed by atoms with Gasteiger partial charge in [0.2, 0.25) is 0 Å². The summed E-state index contributed by atoms with van der Waals surface area (Å²) >= 11 is 0. The van der Waals surface area contributed by atoms with Gasteiger partial charge < -0.3 is 15.5 Å². The van der Waals surface area contributed by atoms with Gasteiger partial charge in [-0.15, -0.1) is 0 Å². The molecule has 0 aliphatic rings. The number of hydrogen-bond donors (Lipinski definition) is 2. The Balaban J connectivity index is 2.60. The molecule has 19 heavy (non-hydrogen) atoms. The lowest BCUT2D eigenvalue weighted by Crippen LogP contribution is -2.04. The number of nitrogens with two attached hydrogens (primary N) is 1. The molecule has 4 heteroatoms. The van der Waals surface area contributed by atoms with Gasteiger partial charge in [0.15, 0.2) is 0 Å². The number of aromatic amines is 1. The molecule has 2 rings (SSSR count). The van der Waals surface area contributed by atoms with Crippen molar-refractivity contribution < 1.29 is 4.74 Å². The highest BCUT2D eigenvalue weighted by Crippen LogP contribution is 2.33. The van der Waals surface area contributed by atoms with Gasteiger partial charge in [0, 0.05) is 17.7 Å². The predicted molar refractivity (Wildman–Crippen MR) is 77.5 cm³/mol. The van der Waals surface area contributed by atoms with Crippen LogP contribution in [0.5, 0.6) is 5.75 Å². The monoisotopic (exact) mass is 259 g/mol. The van der Waals surface area contributed by atoms with Crippen molar-refractivity contribution in [3.63, 3.8) is 0 Å². The maximum absolute atomic E-state index is 5.66. The number of hydrogen-bond acceptors (Lipinski definition) is 3. The van der Waals surface area contributed by atoms with E-state index in [0.717, 1.165) is 34.9 Å². The van der Waals surface area contributed by atoms with E-state index in [0.29, 0.717) is 6.54 Å². The third kappa shape index (κ3) is 2.63. The number of aryl methyl sites for hydroxylation is 3. The fourth-order valence-corrected chi connectivity index (χ4v) is 2.23. The van der Waals surface area contributed by atoms with Crippen LogP contribution in [0.3, 0.4) is 0 Å². The van der Waals surface area contributed by atoms with Gasteiger partial charge in [-0.1, -0.05) is 0 Å². The standard InChI is InChI=1S/C15H21N3O/c1-9-7-12(14(19-4)8-10(9)2)15-13(5-6-16)17-11(3)18-15/h7-8H,5-6,16H2,1-4H3,(H,17,18). The van der Waals surface area contributed by atoms with Crippen molar-refractivity contribution in [2.45, 2.75) is 27.2 Å². The van der Waals surface area contributed by atoms with Crippen LogP contribution >= 0.6 is 0 Å². The minimum atomic E-state index is 0.599. The summed E-state index contributed by atoms with van der Waals surface area (Å²) in [6.45, 7) is 6.73. The first-order valence-corrected chi connectivity index (χ1v) is 6.48. The number of imidazole rings is 1. The van der Waals surface area contributed by atoms with Crippen LogP contribution in [0.4, 0.5) is 0 Å². The first-order chi connectivity index (χ1) is 9.06. The molecule has 0 bridgehead atoms. The van der Waals surface area contributed by atoms with E-state index >= 15 is 0 Å². The Labute approximate surface area is 114 Å². The molecule has 0 aliphatic heterocycles. The van der Waals surface area contributed by atoms with E-state index in [1.54, 1.807) is 7.11 Å². The third-order valence-corrected chi connectivity index (χ3v) is 3.36. The van der Waals surface area contributed by atoms with E-state index in [-0.39, 0.29) is 0 Å². The second kappa shape index (κ2) is 5.45. The number of aromatic nitrogens is 2. The normalized spacial score (nSPS) is 10.8. The third-order valence-electron chi connectivity index (χ3n) is 3.36. The Morgan fingerprint density at radius 3 is 2.53 bits per heavy atom. The van der Waals surface area contributed by atoms with Crippen molar-refractivity contribution in [1.82, 2.24) is 9.97 Å². The van der Waals surface area contributed by atoms with Crippen molar-refractivity contribution in [2.75, 3.05) is 13.7 Å². The Hall–Kier alpha value is -1.81. The molecule has 0 fully saturated rings. The molecule has 0 spiro atoms. The number of nitrogens with one attached hydrogen (secondary N) is 1. The molecule has 0 saturated carbocycles. The van der Waals surface area contributed by atoms with Crippen molar-refractivity contribution in [2.24, 2.45) is 5.73 Å². The maximum Gasteiger partial charge on any atom is 0.128 e. The summed E-state index contributed by atoms with van der Waals surface area (Å²) in [5.74, 6) is 1.76. The largest absolute Gasteiger partial charge is 0.496 e. The van der Waals surface area contributed by atoms with E-state index in [4.69, 9.17) is 10.5 Å². The molecule has 4 nitrogen and oxygen atoms in total. The molecule has 0 aliphatic carbocycles. The van der Waals surface area contributed by atoms with Crippen LogP contribution in [0.1, 0.15) is 22.6 Å². The molecular formula is C15H21N3O. The molecule has 102 valence electrons. The highest BCUT2D eigenvalue weighted by Gasteiger charge is 2.15. The van der Waals surface area contributed by atoms with Crippen molar-refractivity contribution >= 4 is 0 Å². The molecule has 1 heterocycles. The van der Waals surface area contributed by atoms with Crippen molar-refractivity contribution in [1.29, 1.82) is 0 Å². The van der Waals surface area contributed by atoms with Crippen LogP contribution in [-0.4, -0.2) is 23.6 Å². The first kappa shape index (κ1) is 13.6. The van der Waals surface area contributed by atoms with Gasteiger partial charge in [0.25, 0.3) is 0 Å². The van der Waals surface area contributed by atoms with Crippen LogP contribution < -0.4 is 10.5 Å². The molecule has 0 radical (unpaired) electrons. The second-order valence-electron chi connectivity index (χ2n) is 4.82. The molecule has 1 aromatic carbocycles. The quantitative estimate of drug-likeness (QED) is 0.886. The smallest absolute Gasteiger partial charge is 0.128 e. The second-order valence-corrected chi connectivity index (χ2v) is 4.82. The van der Waals surface area contributed by atoms with Gasteiger partial charge in [-0.25, -0.2) is 4.98 Å². The molecule has 0 amide bonds. The fraction of sp³-hybridized carbons (Fsp3) is 0.400. The average Bonchev–Trinajstić information content (AvgIpc) is 2.73. The van der Waals surface area contributed by atoms with E-state index in [2.05, 4.69) is 35.9 Å². The Morgan fingerprint density at radius 2 is 1.89 bits per heavy atom. The van der Waals surface area contributed by atoms with Gasteiger partial charge >= 0.3 is 0 Å². The molecule has 0 unspecified atom stereocenters. The molecular weight excluding hydrogens is 238 g/mol. The van der Waals surface area contributed by atoms with Gasteiger partial charge in [-0.05, 0) is 50.6 Å². The molecule has 0 saturated heterocycles. The minimum Gasteiger partial charge on any atom is -0.496 e. The Bertz CT molecular complexity index is 587. The summed E-state index contributed by atoms with van der Waals surface area (Å²) in [4.78, 5) is 7.87. The van der Waals surface area contributed by atoms with E-state index in [1.807, 2.05) is 6.92 Å². The number of ether oxygens (including phenoxy) is 1. The molecule has 1 aromatic heterocycles. The lowest BCUT2D eigenvalue weighted by atomic mass is 10.0. The van der Waals surface area contributed by atoms with E-state index in [9.17, 15) is 0 Å². The van der Waals surface area contributed by atoms with Gasteiger partial charge in [-0.3, -0.25) is 0 Å².